The van der Waals surface area contributed by atoms with Crippen molar-refractivity contribution in [1.29, 1.82) is 0 Å². The number of aryl methyl sites for hydroxylation is 1. The second kappa shape index (κ2) is 5.98. The number of hydrogen-bond donors (Lipinski definition) is 1. The van der Waals surface area contributed by atoms with E-state index in [4.69, 9.17) is 5.73 Å². The molecule has 1 aromatic heterocycles. The molecule has 1 aliphatic heterocycles. The summed E-state index contributed by atoms with van der Waals surface area (Å²) in [4.78, 5) is 15.8. The molecule has 2 heterocycles. The fourth-order valence-corrected chi connectivity index (χ4v) is 3.86. The topological polar surface area (TPSA) is 89.9 Å². The summed E-state index contributed by atoms with van der Waals surface area (Å²) in [7, 11) is 0. The van der Waals surface area contributed by atoms with Gasteiger partial charge in [0, 0.05) is 24.7 Å². The number of tetrazole rings is 1. The van der Waals surface area contributed by atoms with E-state index in [1.165, 1.54) is 10.4 Å². The lowest BCUT2D eigenvalue weighted by atomic mass is 9.98. The summed E-state index contributed by atoms with van der Waals surface area (Å²) in [5.74, 6) is 1.61. The molecule has 2 fully saturated rings. The molecule has 0 bridgehead atoms. The van der Waals surface area contributed by atoms with Gasteiger partial charge >= 0.3 is 0 Å². The normalized spacial score (nSPS) is 25.9. The van der Waals surface area contributed by atoms with E-state index < -0.39 is 0 Å². The van der Waals surface area contributed by atoms with E-state index in [1.54, 1.807) is 0 Å². The minimum absolute atomic E-state index is 0.0458. The van der Waals surface area contributed by atoms with Gasteiger partial charge in [-0.15, -0.1) is 10.2 Å². The summed E-state index contributed by atoms with van der Waals surface area (Å²) in [5.41, 5.74) is 8.22. The van der Waals surface area contributed by atoms with Crippen LogP contribution in [0.2, 0.25) is 0 Å². The average molecular weight is 326 g/mol. The molecule has 7 heteroatoms. The second-order valence-corrected chi connectivity index (χ2v) is 6.97. The predicted molar refractivity (Wildman–Crippen MR) is 88.8 cm³/mol. The molecule has 1 amide bonds. The van der Waals surface area contributed by atoms with Gasteiger partial charge in [-0.05, 0) is 36.8 Å². The molecule has 2 aliphatic rings. The Hall–Kier alpha value is -2.28. The van der Waals surface area contributed by atoms with E-state index in [2.05, 4.69) is 15.4 Å². The summed E-state index contributed by atoms with van der Waals surface area (Å²) in [6, 6.07) is 8.18. The van der Waals surface area contributed by atoms with Crippen LogP contribution in [0, 0.1) is 18.8 Å². The number of likely N-dealkylation sites (tertiary alicyclic amines) is 1. The number of nitrogens with two attached hydrogens (primary N) is 1. The highest BCUT2D eigenvalue weighted by molar-refractivity contribution is 5.76. The highest BCUT2D eigenvalue weighted by Crippen LogP contribution is 2.37. The predicted octanol–water partition coefficient (Wildman–Crippen LogP) is 0.844. The van der Waals surface area contributed by atoms with Gasteiger partial charge in [-0.25, -0.2) is 0 Å². The summed E-state index contributed by atoms with van der Waals surface area (Å²) in [6.07, 6.45) is 2.22. The van der Waals surface area contributed by atoms with Crippen LogP contribution in [0.5, 0.6) is 0 Å². The quantitative estimate of drug-likeness (QED) is 0.903. The van der Waals surface area contributed by atoms with Crippen LogP contribution < -0.4 is 5.73 Å². The lowest BCUT2D eigenvalue weighted by Crippen LogP contribution is -2.35. The van der Waals surface area contributed by atoms with Gasteiger partial charge in [-0.1, -0.05) is 29.8 Å². The largest absolute Gasteiger partial charge is 0.340 e. The van der Waals surface area contributed by atoms with Crippen molar-refractivity contribution in [3.63, 3.8) is 0 Å². The molecule has 0 radical (unpaired) electrons. The molecule has 1 aromatic carbocycles. The first-order valence-electron chi connectivity index (χ1n) is 8.48. The van der Waals surface area contributed by atoms with Crippen molar-refractivity contribution < 1.29 is 4.79 Å². The maximum Gasteiger partial charge on any atom is 0.246 e. The number of aromatic nitrogens is 4. The number of rotatable bonds is 3. The number of fused-ring (bicyclic) bond motifs is 1. The van der Waals surface area contributed by atoms with E-state index in [0.717, 1.165) is 31.5 Å². The summed E-state index contributed by atoms with van der Waals surface area (Å²) in [6.45, 7) is 3.75. The van der Waals surface area contributed by atoms with Crippen LogP contribution in [0.15, 0.2) is 24.3 Å². The minimum Gasteiger partial charge on any atom is -0.340 e. The maximum atomic E-state index is 12.5. The van der Waals surface area contributed by atoms with Crippen molar-refractivity contribution in [1.82, 2.24) is 25.1 Å². The standard InChI is InChI=1S/C17H22N6O/c1-11-2-4-12(5-3-11)17-19-21-23(20-17)10-16(24)22-8-13-6-7-15(18)14(13)9-22/h2-5,13-15H,6-10,18H2,1H3. The molecular weight excluding hydrogens is 304 g/mol. The zero-order valence-corrected chi connectivity index (χ0v) is 13.8. The highest BCUT2D eigenvalue weighted by atomic mass is 16.2. The van der Waals surface area contributed by atoms with Crippen molar-refractivity contribution in [3.8, 4) is 11.4 Å². The first kappa shape index (κ1) is 15.3. The number of amides is 1. The van der Waals surface area contributed by atoms with Crippen molar-refractivity contribution in [2.24, 2.45) is 17.6 Å². The fourth-order valence-electron chi connectivity index (χ4n) is 3.86. The van der Waals surface area contributed by atoms with Gasteiger partial charge in [0.25, 0.3) is 0 Å². The number of hydrogen-bond acceptors (Lipinski definition) is 5. The Bertz CT molecular complexity index is 740. The lowest BCUT2D eigenvalue weighted by Gasteiger charge is -2.18. The average Bonchev–Trinajstić information content (AvgIpc) is 3.26. The van der Waals surface area contributed by atoms with Crippen molar-refractivity contribution in [2.75, 3.05) is 13.1 Å². The molecule has 2 aromatic rings. The van der Waals surface area contributed by atoms with Crippen molar-refractivity contribution >= 4 is 5.91 Å². The summed E-state index contributed by atoms with van der Waals surface area (Å²) >= 11 is 0. The van der Waals surface area contributed by atoms with Crippen LogP contribution in [-0.2, 0) is 11.3 Å². The Kier molecular flexibility index (Phi) is 3.80. The monoisotopic (exact) mass is 326 g/mol. The molecule has 7 nitrogen and oxygen atoms in total. The molecule has 126 valence electrons. The van der Waals surface area contributed by atoms with Crippen molar-refractivity contribution in [2.45, 2.75) is 32.4 Å². The number of benzene rings is 1. The smallest absolute Gasteiger partial charge is 0.246 e. The summed E-state index contributed by atoms with van der Waals surface area (Å²) in [5, 5.41) is 12.4. The minimum atomic E-state index is 0.0458. The van der Waals surface area contributed by atoms with Gasteiger partial charge in [0.05, 0.1) is 0 Å². The zero-order valence-electron chi connectivity index (χ0n) is 13.8. The van der Waals surface area contributed by atoms with Crippen LogP contribution in [0.3, 0.4) is 0 Å². The van der Waals surface area contributed by atoms with E-state index >= 15 is 0 Å². The van der Waals surface area contributed by atoms with Gasteiger partial charge < -0.3 is 10.6 Å². The molecule has 2 N–H and O–H groups in total. The van der Waals surface area contributed by atoms with E-state index in [-0.39, 0.29) is 18.5 Å². The fraction of sp³-hybridized carbons (Fsp3) is 0.529. The molecule has 1 saturated heterocycles. The third-order valence-corrected chi connectivity index (χ3v) is 5.30. The van der Waals surface area contributed by atoms with E-state index in [9.17, 15) is 4.79 Å². The van der Waals surface area contributed by atoms with Crippen molar-refractivity contribution in [3.05, 3.63) is 29.8 Å². The molecular formula is C17H22N6O. The maximum absolute atomic E-state index is 12.5. The molecule has 1 saturated carbocycles. The molecule has 4 rings (SSSR count). The van der Waals surface area contributed by atoms with Gasteiger partial charge in [0.1, 0.15) is 6.54 Å². The first-order chi connectivity index (χ1) is 11.6. The molecule has 24 heavy (non-hydrogen) atoms. The van der Waals surface area contributed by atoms with Gasteiger partial charge in [0.15, 0.2) is 0 Å². The number of nitrogens with zero attached hydrogens (tertiary/aromatic N) is 5. The van der Waals surface area contributed by atoms with Crippen LogP contribution in [0.25, 0.3) is 11.4 Å². The molecule has 1 aliphatic carbocycles. The Labute approximate surface area is 140 Å². The molecule has 3 unspecified atom stereocenters. The van der Waals surface area contributed by atoms with Crippen LogP contribution in [0.4, 0.5) is 0 Å². The third-order valence-electron chi connectivity index (χ3n) is 5.30. The lowest BCUT2D eigenvalue weighted by molar-refractivity contribution is -0.131. The second-order valence-electron chi connectivity index (χ2n) is 6.97. The molecule has 0 spiro atoms. The van der Waals surface area contributed by atoms with Gasteiger partial charge in [-0.3, -0.25) is 4.79 Å². The number of carbonyl (C=O) groups excluding carboxylic acids is 1. The highest BCUT2D eigenvalue weighted by Gasteiger charge is 2.42. The van der Waals surface area contributed by atoms with E-state index in [1.807, 2.05) is 36.1 Å². The van der Waals surface area contributed by atoms with Crippen LogP contribution in [-0.4, -0.2) is 50.1 Å². The van der Waals surface area contributed by atoms with E-state index in [0.29, 0.717) is 17.7 Å². The Morgan fingerprint density at radius 3 is 2.79 bits per heavy atom. The Balaban J connectivity index is 1.41. The molecule has 3 atom stereocenters. The SMILES string of the molecule is Cc1ccc(-c2nnn(CC(=O)N3CC4CCC(N)C4C3)n2)cc1. The van der Waals surface area contributed by atoms with Crippen LogP contribution >= 0.6 is 0 Å². The summed E-state index contributed by atoms with van der Waals surface area (Å²) < 4.78 is 0. The Morgan fingerprint density at radius 1 is 1.25 bits per heavy atom. The third kappa shape index (κ3) is 2.80. The van der Waals surface area contributed by atoms with Gasteiger partial charge in [0.2, 0.25) is 11.7 Å². The zero-order chi connectivity index (χ0) is 16.7. The van der Waals surface area contributed by atoms with Crippen LogP contribution in [0.1, 0.15) is 18.4 Å². The van der Waals surface area contributed by atoms with Gasteiger partial charge in [-0.2, -0.15) is 4.80 Å². The first-order valence-corrected chi connectivity index (χ1v) is 8.48. The Morgan fingerprint density at radius 2 is 2.04 bits per heavy atom. The number of carbonyl (C=O) groups is 1.